The summed E-state index contributed by atoms with van der Waals surface area (Å²) in [6.45, 7) is 1.76. The predicted molar refractivity (Wildman–Crippen MR) is 117 cm³/mol. The number of fused-ring (bicyclic) bond motifs is 1. The Hall–Kier alpha value is -2.03. The van der Waals surface area contributed by atoms with Gasteiger partial charge in [0.05, 0.1) is 17.5 Å². The Morgan fingerprint density at radius 3 is 2.72 bits per heavy atom. The number of anilines is 1. The Balaban J connectivity index is 1.56. The molecule has 2 saturated heterocycles. The number of carbonyl (C=O) groups excluding carboxylic acids is 1. The van der Waals surface area contributed by atoms with Gasteiger partial charge in [-0.1, -0.05) is 35.5 Å². The minimum Gasteiger partial charge on any atom is -0.484 e. The summed E-state index contributed by atoms with van der Waals surface area (Å²) in [7, 11) is -3.10. The van der Waals surface area contributed by atoms with Gasteiger partial charge in [0, 0.05) is 16.0 Å². The molecule has 0 saturated carbocycles. The molecule has 0 unspecified atom stereocenters. The first-order valence-corrected chi connectivity index (χ1v) is 12.1. The minimum atomic E-state index is -3.10. The molecular weight excluding hydrogens is 432 g/mol. The van der Waals surface area contributed by atoms with Crippen LogP contribution < -0.4 is 9.64 Å². The number of aryl methyl sites for hydroxylation is 1. The molecule has 2 aliphatic rings. The van der Waals surface area contributed by atoms with E-state index in [9.17, 15) is 13.2 Å². The summed E-state index contributed by atoms with van der Waals surface area (Å²) in [5.74, 6) is 0.259. The summed E-state index contributed by atoms with van der Waals surface area (Å²) in [6.07, 6.45) is 0. The van der Waals surface area contributed by atoms with E-state index in [-0.39, 0.29) is 29.4 Å². The van der Waals surface area contributed by atoms with Crippen LogP contribution in [0.5, 0.6) is 5.75 Å². The average molecular weight is 451 g/mol. The summed E-state index contributed by atoms with van der Waals surface area (Å²) in [6, 6.07) is 14.3. The van der Waals surface area contributed by atoms with Gasteiger partial charge in [0.2, 0.25) is 0 Å². The minimum absolute atomic E-state index is 0.0626. The fraction of sp³-hybridized carbons (Fsp3) is 0.300. The number of halogens is 1. The van der Waals surface area contributed by atoms with Crippen LogP contribution in [0.3, 0.4) is 0 Å². The van der Waals surface area contributed by atoms with Gasteiger partial charge in [0.1, 0.15) is 5.75 Å². The first-order chi connectivity index (χ1) is 13.8. The number of hydrogen-bond acceptors (Lipinski definition) is 5. The van der Waals surface area contributed by atoms with E-state index in [0.717, 1.165) is 11.3 Å². The second-order valence-corrected chi connectivity index (χ2v) is 10.8. The van der Waals surface area contributed by atoms with Gasteiger partial charge in [-0.05, 0) is 48.9 Å². The summed E-state index contributed by atoms with van der Waals surface area (Å²) in [5, 5.41) is 0.969. The molecule has 2 fully saturated rings. The number of amidine groups is 1. The Bertz CT molecular complexity index is 1070. The lowest BCUT2D eigenvalue weighted by Crippen LogP contribution is -2.37. The van der Waals surface area contributed by atoms with E-state index in [4.69, 9.17) is 16.3 Å². The van der Waals surface area contributed by atoms with Gasteiger partial charge in [0.15, 0.2) is 21.6 Å². The van der Waals surface area contributed by atoms with Crippen molar-refractivity contribution in [3.63, 3.8) is 0 Å². The van der Waals surface area contributed by atoms with E-state index in [0.29, 0.717) is 15.9 Å². The quantitative estimate of drug-likeness (QED) is 0.711. The highest BCUT2D eigenvalue weighted by molar-refractivity contribution is 8.16. The van der Waals surface area contributed by atoms with Crippen molar-refractivity contribution in [2.45, 2.75) is 18.2 Å². The third-order valence-corrected chi connectivity index (χ3v) is 8.20. The lowest BCUT2D eigenvalue weighted by atomic mass is 10.1. The number of benzene rings is 2. The van der Waals surface area contributed by atoms with Crippen LogP contribution in [0.1, 0.15) is 5.56 Å². The number of carbonyl (C=O) groups is 1. The molecule has 9 heteroatoms. The normalized spacial score (nSPS) is 23.9. The van der Waals surface area contributed by atoms with Crippen LogP contribution >= 0.6 is 23.4 Å². The number of sulfone groups is 1. The molecule has 0 aromatic heterocycles. The van der Waals surface area contributed by atoms with Crippen LogP contribution in [-0.4, -0.2) is 48.9 Å². The fourth-order valence-electron chi connectivity index (χ4n) is 3.46. The second-order valence-electron chi connectivity index (χ2n) is 7.04. The molecular formula is C20H19ClN2O4S2. The van der Waals surface area contributed by atoms with E-state index >= 15 is 0 Å². The summed E-state index contributed by atoms with van der Waals surface area (Å²) >= 11 is 7.19. The van der Waals surface area contributed by atoms with Crippen molar-refractivity contribution < 1.29 is 17.9 Å². The van der Waals surface area contributed by atoms with E-state index in [1.807, 2.05) is 36.1 Å². The lowest BCUT2D eigenvalue weighted by molar-refractivity contribution is -0.119. The molecule has 29 heavy (non-hydrogen) atoms. The van der Waals surface area contributed by atoms with E-state index in [1.165, 1.54) is 11.8 Å². The second kappa shape index (κ2) is 8.01. The molecule has 2 heterocycles. The molecule has 4 rings (SSSR count). The monoisotopic (exact) mass is 450 g/mol. The molecule has 0 bridgehead atoms. The van der Waals surface area contributed by atoms with Crippen LogP contribution in [0.25, 0.3) is 0 Å². The van der Waals surface area contributed by atoms with Crippen molar-refractivity contribution in [1.29, 1.82) is 0 Å². The van der Waals surface area contributed by atoms with Crippen molar-refractivity contribution in [3.8, 4) is 5.75 Å². The van der Waals surface area contributed by atoms with Crippen LogP contribution in [-0.2, 0) is 14.6 Å². The molecule has 152 valence electrons. The van der Waals surface area contributed by atoms with Gasteiger partial charge in [-0.25, -0.2) is 8.42 Å². The SMILES string of the molecule is Cc1cccc(N2C(=NC(=O)COc3ccc(Cl)cc3)S[C@@H]3CS(=O)(=O)C[C@@H]32)c1. The molecule has 1 amide bonds. The maximum absolute atomic E-state index is 12.4. The van der Waals surface area contributed by atoms with Gasteiger partial charge < -0.3 is 9.64 Å². The molecule has 2 aromatic rings. The third kappa shape index (κ3) is 4.60. The van der Waals surface area contributed by atoms with E-state index < -0.39 is 15.7 Å². The first kappa shape index (κ1) is 20.3. The van der Waals surface area contributed by atoms with Gasteiger partial charge in [-0.15, -0.1) is 0 Å². The Morgan fingerprint density at radius 1 is 1.24 bits per heavy atom. The number of nitrogens with zero attached hydrogens (tertiary/aromatic N) is 2. The summed E-state index contributed by atoms with van der Waals surface area (Å²) in [5.41, 5.74) is 1.89. The maximum atomic E-state index is 12.4. The van der Waals surface area contributed by atoms with Gasteiger partial charge in [-0.3, -0.25) is 4.79 Å². The predicted octanol–water partition coefficient (Wildman–Crippen LogP) is 3.33. The number of aliphatic imine (C=N–C) groups is 1. The highest BCUT2D eigenvalue weighted by Crippen LogP contribution is 2.41. The van der Waals surface area contributed by atoms with Gasteiger partial charge in [-0.2, -0.15) is 4.99 Å². The van der Waals surface area contributed by atoms with Gasteiger partial charge >= 0.3 is 0 Å². The zero-order chi connectivity index (χ0) is 20.6. The van der Waals surface area contributed by atoms with Crippen molar-refractivity contribution in [3.05, 3.63) is 59.1 Å². The Morgan fingerprint density at radius 2 is 2.00 bits per heavy atom. The molecule has 0 N–H and O–H groups in total. The number of rotatable bonds is 4. The maximum Gasteiger partial charge on any atom is 0.285 e. The number of thioether (sulfide) groups is 1. The highest BCUT2D eigenvalue weighted by Gasteiger charge is 2.49. The smallest absolute Gasteiger partial charge is 0.285 e. The van der Waals surface area contributed by atoms with Crippen molar-refractivity contribution in [2.75, 3.05) is 23.0 Å². The summed E-state index contributed by atoms with van der Waals surface area (Å²) in [4.78, 5) is 18.6. The van der Waals surface area contributed by atoms with Crippen LogP contribution in [0.2, 0.25) is 5.02 Å². The van der Waals surface area contributed by atoms with Crippen LogP contribution in [0.15, 0.2) is 53.5 Å². The van der Waals surface area contributed by atoms with Crippen molar-refractivity contribution in [2.24, 2.45) is 4.99 Å². The van der Waals surface area contributed by atoms with Crippen LogP contribution in [0, 0.1) is 6.92 Å². The fourth-order valence-corrected chi connectivity index (χ4v) is 7.52. The molecule has 0 spiro atoms. The van der Waals surface area contributed by atoms with Crippen molar-refractivity contribution in [1.82, 2.24) is 0 Å². The zero-order valence-corrected chi connectivity index (χ0v) is 18.0. The number of ether oxygens (including phenoxy) is 1. The van der Waals surface area contributed by atoms with Crippen LogP contribution in [0.4, 0.5) is 5.69 Å². The Kier molecular flexibility index (Phi) is 5.59. The lowest BCUT2D eigenvalue weighted by Gasteiger charge is -2.24. The Labute approximate surface area is 178 Å². The van der Waals surface area contributed by atoms with E-state index in [2.05, 4.69) is 4.99 Å². The third-order valence-electron chi connectivity index (χ3n) is 4.74. The molecule has 2 aliphatic heterocycles. The zero-order valence-electron chi connectivity index (χ0n) is 15.6. The van der Waals surface area contributed by atoms with E-state index in [1.54, 1.807) is 24.3 Å². The van der Waals surface area contributed by atoms with Crippen molar-refractivity contribution >= 4 is 50.0 Å². The molecule has 6 nitrogen and oxygen atoms in total. The average Bonchev–Trinajstić information content (AvgIpc) is 3.12. The molecule has 2 atom stereocenters. The molecule has 0 radical (unpaired) electrons. The largest absolute Gasteiger partial charge is 0.484 e. The first-order valence-electron chi connectivity index (χ1n) is 9.04. The topological polar surface area (TPSA) is 76.0 Å². The number of hydrogen-bond donors (Lipinski definition) is 0. The molecule has 0 aliphatic carbocycles. The summed E-state index contributed by atoms with van der Waals surface area (Å²) < 4.78 is 29.7. The highest BCUT2D eigenvalue weighted by atomic mass is 35.5. The standard InChI is InChI=1S/C20H19ClN2O4S2/c1-13-3-2-4-15(9-13)23-17-11-29(25,26)12-18(17)28-20(23)22-19(24)10-27-16-7-5-14(21)6-8-16/h2-9,17-18H,10-12H2,1H3/t17-,18+/m0/s1. The molecule has 2 aromatic carbocycles. The number of amides is 1. The van der Waals surface area contributed by atoms with Gasteiger partial charge in [0.25, 0.3) is 5.91 Å².